The molecule has 0 spiro atoms. The molecule has 0 amide bonds. The molecule has 14 heavy (non-hydrogen) atoms. The second kappa shape index (κ2) is 3.75. The largest absolute Gasteiger partial charge is 0.289 e. The number of hydrogen-bond donors (Lipinski definition) is 0. The molecule has 0 aliphatic carbocycles. The van der Waals surface area contributed by atoms with Gasteiger partial charge < -0.3 is 0 Å². The van der Waals surface area contributed by atoms with Gasteiger partial charge in [0.1, 0.15) is 0 Å². The summed E-state index contributed by atoms with van der Waals surface area (Å²) in [7, 11) is -3.36. The van der Waals surface area contributed by atoms with Gasteiger partial charge in [0.2, 0.25) is 0 Å². The lowest BCUT2D eigenvalue weighted by atomic mass is 10.1. The van der Waals surface area contributed by atoms with Crippen molar-refractivity contribution in [3.8, 4) is 0 Å². The maximum Gasteiger partial charge on any atom is 0.186 e. The highest BCUT2D eigenvalue weighted by molar-refractivity contribution is 7.90. The van der Waals surface area contributed by atoms with Gasteiger partial charge in [-0.1, -0.05) is 18.7 Å². The molecule has 4 heteroatoms. The summed E-state index contributed by atoms with van der Waals surface area (Å²) in [6.07, 6.45) is 2.17. The zero-order valence-electron chi connectivity index (χ0n) is 7.73. The van der Waals surface area contributed by atoms with Gasteiger partial charge in [0.05, 0.1) is 4.90 Å². The first-order valence-corrected chi connectivity index (χ1v) is 5.82. The van der Waals surface area contributed by atoms with E-state index in [1.165, 1.54) is 12.1 Å². The maximum absolute atomic E-state index is 11.3. The van der Waals surface area contributed by atoms with Gasteiger partial charge in [0.25, 0.3) is 0 Å². The lowest BCUT2D eigenvalue weighted by Crippen LogP contribution is -2.05. The molecule has 1 rings (SSSR count). The van der Waals surface area contributed by atoms with Crippen LogP contribution in [-0.4, -0.2) is 20.5 Å². The molecule has 0 saturated heterocycles. The van der Waals surface area contributed by atoms with Crippen molar-refractivity contribution < 1.29 is 13.2 Å². The van der Waals surface area contributed by atoms with Crippen molar-refractivity contribution in [3.63, 3.8) is 0 Å². The number of benzene rings is 1. The SMILES string of the molecule is C=CC(=O)c1ccccc1S(C)(=O)=O. The van der Waals surface area contributed by atoms with Crippen LogP contribution in [0.3, 0.4) is 0 Å². The monoisotopic (exact) mass is 210 g/mol. The minimum absolute atomic E-state index is 0.0462. The predicted octanol–water partition coefficient (Wildman–Crippen LogP) is 1.46. The summed E-state index contributed by atoms with van der Waals surface area (Å²) < 4.78 is 22.6. The van der Waals surface area contributed by atoms with Crippen molar-refractivity contribution in [2.45, 2.75) is 4.90 Å². The van der Waals surface area contributed by atoms with E-state index in [2.05, 4.69) is 6.58 Å². The van der Waals surface area contributed by atoms with Crippen molar-refractivity contribution in [1.29, 1.82) is 0 Å². The van der Waals surface area contributed by atoms with Crippen LogP contribution in [0.25, 0.3) is 0 Å². The Morgan fingerprint density at radius 2 is 1.93 bits per heavy atom. The molecule has 1 aromatic rings. The number of rotatable bonds is 3. The quantitative estimate of drug-likeness (QED) is 0.560. The highest BCUT2D eigenvalue weighted by atomic mass is 32.2. The van der Waals surface area contributed by atoms with E-state index in [0.717, 1.165) is 12.3 Å². The molecule has 0 unspecified atom stereocenters. The van der Waals surface area contributed by atoms with Crippen molar-refractivity contribution in [2.24, 2.45) is 0 Å². The second-order valence-electron chi connectivity index (χ2n) is 2.84. The third kappa shape index (κ3) is 2.09. The minimum atomic E-state index is -3.36. The average Bonchev–Trinajstić information content (AvgIpc) is 2.15. The second-order valence-corrected chi connectivity index (χ2v) is 4.82. The van der Waals surface area contributed by atoms with Crippen LogP contribution in [-0.2, 0) is 9.84 Å². The van der Waals surface area contributed by atoms with E-state index in [9.17, 15) is 13.2 Å². The smallest absolute Gasteiger partial charge is 0.186 e. The molecule has 0 aromatic heterocycles. The van der Waals surface area contributed by atoms with Crippen LogP contribution >= 0.6 is 0 Å². The zero-order chi connectivity index (χ0) is 10.8. The highest BCUT2D eigenvalue weighted by Gasteiger charge is 2.15. The fourth-order valence-electron chi connectivity index (χ4n) is 1.10. The van der Waals surface area contributed by atoms with E-state index >= 15 is 0 Å². The molecule has 0 aliphatic heterocycles. The summed E-state index contributed by atoms with van der Waals surface area (Å²) in [5.74, 6) is -0.383. The third-order valence-corrected chi connectivity index (χ3v) is 2.89. The van der Waals surface area contributed by atoms with Crippen LogP contribution in [0.2, 0.25) is 0 Å². The Balaban J connectivity index is 3.45. The minimum Gasteiger partial charge on any atom is -0.289 e. The first-order chi connectivity index (χ1) is 6.46. The Labute approximate surface area is 83.0 Å². The van der Waals surface area contributed by atoms with E-state index in [4.69, 9.17) is 0 Å². The maximum atomic E-state index is 11.3. The molecule has 0 aliphatic rings. The molecule has 74 valence electrons. The standard InChI is InChI=1S/C10H10O3S/c1-3-9(11)8-6-4-5-7-10(8)14(2,12)13/h3-7H,1H2,2H3. The molecule has 0 saturated carbocycles. The van der Waals surface area contributed by atoms with Crippen LogP contribution in [0.15, 0.2) is 41.8 Å². The highest BCUT2D eigenvalue weighted by Crippen LogP contribution is 2.15. The zero-order valence-corrected chi connectivity index (χ0v) is 8.54. The number of ketones is 1. The van der Waals surface area contributed by atoms with Crippen molar-refractivity contribution in [2.75, 3.05) is 6.26 Å². The molecule has 0 atom stereocenters. The number of carbonyl (C=O) groups is 1. The molecule has 1 aromatic carbocycles. The first-order valence-electron chi connectivity index (χ1n) is 3.92. The summed E-state index contributed by atoms with van der Waals surface area (Å²) in [6.45, 7) is 3.32. The fourth-order valence-corrected chi connectivity index (χ4v) is 2.00. The molecule has 0 radical (unpaired) electrons. The Morgan fingerprint density at radius 3 is 2.43 bits per heavy atom. The van der Waals surface area contributed by atoms with Crippen LogP contribution in [0.4, 0.5) is 0 Å². The van der Waals surface area contributed by atoms with E-state index in [0.29, 0.717) is 0 Å². The number of sulfone groups is 1. The number of hydrogen-bond acceptors (Lipinski definition) is 3. The molecular weight excluding hydrogens is 200 g/mol. The van der Waals surface area contributed by atoms with Gasteiger partial charge in [-0.3, -0.25) is 4.79 Å². The Kier molecular flexibility index (Phi) is 2.86. The van der Waals surface area contributed by atoms with E-state index in [-0.39, 0.29) is 16.2 Å². The molecule has 3 nitrogen and oxygen atoms in total. The Bertz CT molecular complexity index is 472. The summed E-state index contributed by atoms with van der Waals surface area (Å²) in [5.41, 5.74) is 0.171. The fraction of sp³-hybridized carbons (Fsp3) is 0.100. The topological polar surface area (TPSA) is 51.2 Å². The summed E-state index contributed by atoms with van der Waals surface area (Å²) in [5, 5.41) is 0. The van der Waals surface area contributed by atoms with Gasteiger partial charge >= 0.3 is 0 Å². The van der Waals surface area contributed by atoms with Crippen LogP contribution < -0.4 is 0 Å². The molecule has 0 fully saturated rings. The molecule has 0 bridgehead atoms. The molecular formula is C10H10O3S. The number of allylic oxidation sites excluding steroid dienone is 1. The molecule has 0 heterocycles. The van der Waals surface area contributed by atoms with Gasteiger partial charge in [0.15, 0.2) is 15.6 Å². The van der Waals surface area contributed by atoms with E-state index in [1.807, 2.05) is 0 Å². The van der Waals surface area contributed by atoms with Crippen molar-refractivity contribution in [3.05, 3.63) is 42.5 Å². The third-order valence-electron chi connectivity index (χ3n) is 1.74. The number of carbonyl (C=O) groups excluding carboxylic acids is 1. The van der Waals surface area contributed by atoms with Crippen molar-refractivity contribution >= 4 is 15.6 Å². The summed E-state index contributed by atoms with van der Waals surface area (Å²) in [6, 6.07) is 6.08. The average molecular weight is 210 g/mol. The van der Waals surface area contributed by atoms with Gasteiger partial charge in [-0.15, -0.1) is 0 Å². The normalized spacial score (nSPS) is 10.9. The summed E-state index contributed by atoms with van der Waals surface area (Å²) >= 11 is 0. The van der Waals surface area contributed by atoms with Gasteiger partial charge in [-0.25, -0.2) is 8.42 Å². The van der Waals surface area contributed by atoms with Crippen LogP contribution in [0, 0.1) is 0 Å². The van der Waals surface area contributed by atoms with Crippen LogP contribution in [0.5, 0.6) is 0 Å². The summed E-state index contributed by atoms with van der Waals surface area (Å²) in [4.78, 5) is 11.3. The molecule has 0 N–H and O–H groups in total. The Hall–Kier alpha value is -1.42. The van der Waals surface area contributed by atoms with Crippen LogP contribution in [0.1, 0.15) is 10.4 Å². The van der Waals surface area contributed by atoms with Crippen molar-refractivity contribution in [1.82, 2.24) is 0 Å². The lowest BCUT2D eigenvalue weighted by Gasteiger charge is -2.03. The van der Waals surface area contributed by atoms with E-state index < -0.39 is 9.84 Å². The van der Waals surface area contributed by atoms with Gasteiger partial charge in [-0.2, -0.15) is 0 Å². The lowest BCUT2D eigenvalue weighted by molar-refractivity contribution is 0.104. The Morgan fingerprint density at radius 1 is 1.36 bits per heavy atom. The first kappa shape index (κ1) is 10.7. The van der Waals surface area contributed by atoms with Gasteiger partial charge in [0, 0.05) is 11.8 Å². The van der Waals surface area contributed by atoms with Gasteiger partial charge in [-0.05, 0) is 18.2 Å². The van der Waals surface area contributed by atoms with E-state index in [1.54, 1.807) is 12.1 Å². The predicted molar refractivity (Wildman–Crippen MR) is 54.1 cm³/mol.